The first-order valence-electron chi connectivity index (χ1n) is 7.11. The quantitative estimate of drug-likeness (QED) is 0.577. The smallest absolute Gasteiger partial charge is 0.235 e. The third-order valence-corrected chi connectivity index (χ3v) is 4.38. The Morgan fingerprint density at radius 1 is 1.09 bits per heavy atom. The first-order valence-corrected chi connectivity index (χ1v) is 7.93. The number of aromatic nitrogens is 5. The minimum Gasteiger partial charge on any atom is -0.485 e. The van der Waals surface area contributed by atoms with E-state index in [1.807, 2.05) is 43.3 Å². The number of para-hydroxylation sites is 1. The van der Waals surface area contributed by atoms with Crippen LogP contribution in [0.25, 0.3) is 15.5 Å². The van der Waals surface area contributed by atoms with Crippen molar-refractivity contribution in [1.82, 2.24) is 24.8 Å². The lowest BCUT2D eigenvalue weighted by Crippen LogP contribution is -2.03. The van der Waals surface area contributed by atoms with E-state index in [9.17, 15) is 0 Å². The van der Waals surface area contributed by atoms with Gasteiger partial charge in [-0.3, -0.25) is 4.98 Å². The molecule has 3 aromatic heterocycles. The summed E-state index contributed by atoms with van der Waals surface area (Å²) in [5, 5.41) is 13.8. The Morgan fingerprint density at radius 2 is 1.91 bits per heavy atom. The molecule has 0 aliphatic heterocycles. The molecule has 0 radical (unpaired) electrons. The molecule has 7 heteroatoms. The molecular weight excluding hydrogens is 310 g/mol. The van der Waals surface area contributed by atoms with E-state index < -0.39 is 0 Å². The van der Waals surface area contributed by atoms with Crippen molar-refractivity contribution in [2.45, 2.75) is 13.5 Å². The number of nitrogens with zero attached hydrogens (tertiary/aromatic N) is 5. The largest absolute Gasteiger partial charge is 0.485 e. The molecule has 0 unspecified atom stereocenters. The molecule has 0 saturated carbocycles. The first-order chi connectivity index (χ1) is 11.3. The van der Waals surface area contributed by atoms with Gasteiger partial charge in [-0.1, -0.05) is 29.5 Å². The lowest BCUT2D eigenvalue weighted by atomic mass is 10.2. The van der Waals surface area contributed by atoms with E-state index in [-0.39, 0.29) is 0 Å². The van der Waals surface area contributed by atoms with Crippen molar-refractivity contribution in [2.24, 2.45) is 0 Å². The maximum absolute atomic E-state index is 5.84. The fourth-order valence-electron chi connectivity index (χ4n) is 2.22. The third kappa shape index (κ3) is 2.66. The summed E-state index contributed by atoms with van der Waals surface area (Å²) in [4.78, 5) is 4.77. The predicted octanol–water partition coefficient (Wildman–Crippen LogP) is 3.14. The summed E-state index contributed by atoms with van der Waals surface area (Å²) in [5.74, 6) is 1.52. The Balaban J connectivity index is 1.61. The predicted molar refractivity (Wildman–Crippen MR) is 87.4 cm³/mol. The topological polar surface area (TPSA) is 65.2 Å². The van der Waals surface area contributed by atoms with Crippen molar-refractivity contribution in [1.29, 1.82) is 0 Å². The van der Waals surface area contributed by atoms with Gasteiger partial charge in [0.15, 0.2) is 5.82 Å². The van der Waals surface area contributed by atoms with E-state index in [2.05, 4.69) is 20.3 Å². The highest BCUT2D eigenvalue weighted by Gasteiger charge is 2.13. The van der Waals surface area contributed by atoms with Crippen molar-refractivity contribution in [3.05, 3.63) is 60.2 Å². The van der Waals surface area contributed by atoms with Gasteiger partial charge in [0.25, 0.3) is 0 Å². The molecule has 6 nitrogen and oxygen atoms in total. The summed E-state index contributed by atoms with van der Waals surface area (Å²) < 4.78 is 7.57. The van der Waals surface area contributed by atoms with Crippen LogP contribution in [0.15, 0.2) is 48.8 Å². The minimum atomic E-state index is 0.325. The lowest BCUT2D eigenvalue weighted by molar-refractivity contribution is 0.291. The summed E-state index contributed by atoms with van der Waals surface area (Å²) in [5.41, 5.74) is 2.10. The molecule has 0 aliphatic rings. The van der Waals surface area contributed by atoms with Gasteiger partial charge in [-0.05, 0) is 30.7 Å². The van der Waals surface area contributed by atoms with Gasteiger partial charge >= 0.3 is 0 Å². The van der Waals surface area contributed by atoms with Crippen LogP contribution in [0.1, 0.15) is 11.4 Å². The van der Waals surface area contributed by atoms with E-state index in [4.69, 9.17) is 4.74 Å². The number of ether oxygens (including phenoxy) is 1. The average molecular weight is 323 g/mol. The Labute approximate surface area is 136 Å². The number of benzene rings is 1. The molecule has 23 heavy (non-hydrogen) atoms. The fourth-order valence-corrected chi connectivity index (χ4v) is 3.08. The van der Waals surface area contributed by atoms with Crippen LogP contribution < -0.4 is 4.74 Å². The maximum Gasteiger partial charge on any atom is 0.235 e. The molecule has 0 amide bonds. The van der Waals surface area contributed by atoms with E-state index in [0.717, 1.165) is 26.8 Å². The van der Waals surface area contributed by atoms with Crippen molar-refractivity contribution in [3.63, 3.8) is 0 Å². The molecule has 0 atom stereocenters. The number of fused-ring (bicyclic) bond motifs is 1. The average Bonchev–Trinajstić information content (AvgIpc) is 3.16. The second kappa shape index (κ2) is 5.77. The highest BCUT2D eigenvalue weighted by atomic mass is 32.1. The minimum absolute atomic E-state index is 0.325. The summed E-state index contributed by atoms with van der Waals surface area (Å²) in [6.45, 7) is 2.34. The molecule has 4 rings (SSSR count). The second-order valence-electron chi connectivity index (χ2n) is 5.01. The number of hydrogen-bond donors (Lipinski definition) is 0. The summed E-state index contributed by atoms with van der Waals surface area (Å²) >= 11 is 1.49. The normalized spacial score (nSPS) is 11.0. The molecular formula is C16H13N5OS. The Hall–Kier alpha value is -2.80. The second-order valence-corrected chi connectivity index (χ2v) is 5.96. The molecule has 0 N–H and O–H groups in total. The van der Waals surface area contributed by atoms with Gasteiger partial charge in [-0.2, -0.15) is 9.61 Å². The SMILES string of the molecule is Cc1ccccc1OCc1nnc2sc(-c3ccncc3)nn12. The van der Waals surface area contributed by atoms with Gasteiger partial charge in [0.1, 0.15) is 17.4 Å². The Bertz CT molecular complexity index is 947. The summed E-state index contributed by atoms with van der Waals surface area (Å²) in [6, 6.07) is 11.7. The van der Waals surface area contributed by atoms with E-state index in [1.165, 1.54) is 11.3 Å². The van der Waals surface area contributed by atoms with Crippen LogP contribution in [-0.4, -0.2) is 24.8 Å². The van der Waals surface area contributed by atoms with Crippen LogP contribution >= 0.6 is 11.3 Å². The first kappa shape index (κ1) is 13.8. The number of aryl methyl sites for hydroxylation is 1. The molecule has 0 bridgehead atoms. The van der Waals surface area contributed by atoms with E-state index in [1.54, 1.807) is 16.9 Å². The molecule has 0 aliphatic carbocycles. The molecule has 4 aromatic rings. The monoisotopic (exact) mass is 323 g/mol. The molecule has 1 aromatic carbocycles. The lowest BCUT2D eigenvalue weighted by Gasteiger charge is -2.06. The molecule has 0 saturated heterocycles. The molecule has 114 valence electrons. The van der Waals surface area contributed by atoms with Gasteiger partial charge in [0, 0.05) is 18.0 Å². The molecule has 0 spiro atoms. The summed E-state index contributed by atoms with van der Waals surface area (Å²) in [7, 11) is 0. The zero-order valence-corrected chi connectivity index (χ0v) is 13.2. The van der Waals surface area contributed by atoms with Gasteiger partial charge in [0.2, 0.25) is 4.96 Å². The van der Waals surface area contributed by atoms with Crippen LogP contribution in [0.5, 0.6) is 5.75 Å². The van der Waals surface area contributed by atoms with Crippen LogP contribution in [0.4, 0.5) is 0 Å². The van der Waals surface area contributed by atoms with Gasteiger partial charge in [-0.25, -0.2) is 0 Å². The molecule has 3 heterocycles. The van der Waals surface area contributed by atoms with E-state index in [0.29, 0.717) is 12.4 Å². The van der Waals surface area contributed by atoms with Crippen molar-refractivity contribution in [3.8, 4) is 16.3 Å². The van der Waals surface area contributed by atoms with Gasteiger partial charge in [-0.15, -0.1) is 10.2 Å². The zero-order valence-electron chi connectivity index (χ0n) is 12.4. The standard InChI is InChI=1S/C16H13N5OS/c1-11-4-2-3-5-13(11)22-10-14-18-19-16-21(14)20-15(23-16)12-6-8-17-9-7-12/h2-9H,10H2,1H3. The van der Waals surface area contributed by atoms with Crippen molar-refractivity contribution >= 4 is 16.3 Å². The third-order valence-electron chi connectivity index (χ3n) is 3.43. The van der Waals surface area contributed by atoms with Gasteiger partial charge in [0.05, 0.1) is 0 Å². The highest BCUT2D eigenvalue weighted by Crippen LogP contribution is 2.25. The number of rotatable bonds is 4. The Kier molecular flexibility index (Phi) is 3.47. The van der Waals surface area contributed by atoms with Crippen LogP contribution in [0.3, 0.4) is 0 Å². The highest BCUT2D eigenvalue weighted by molar-refractivity contribution is 7.19. The number of hydrogen-bond acceptors (Lipinski definition) is 6. The number of pyridine rings is 1. The van der Waals surface area contributed by atoms with Crippen molar-refractivity contribution in [2.75, 3.05) is 0 Å². The van der Waals surface area contributed by atoms with Crippen LogP contribution in [-0.2, 0) is 6.61 Å². The maximum atomic E-state index is 5.84. The van der Waals surface area contributed by atoms with Crippen LogP contribution in [0, 0.1) is 6.92 Å². The molecule has 0 fully saturated rings. The van der Waals surface area contributed by atoms with E-state index >= 15 is 0 Å². The van der Waals surface area contributed by atoms with Crippen LogP contribution in [0.2, 0.25) is 0 Å². The zero-order chi connectivity index (χ0) is 15.6. The summed E-state index contributed by atoms with van der Waals surface area (Å²) in [6.07, 6.45) is 3.50. The van der Waals surface area contributed by atoms with Gasteiger partial charge < -0.3 is 4.74 Å². The van der Waals surface area contributed by atoms with Crippen molar-refractivity contribution < 1.29 is 4.74 Å². The Morgan fingerprint density at radius 3 is 2.74 bits per heavy atom. The fraction of sp³-hybridized carbons (Fsp3) is 0.125.